The van der Waals surface area contributed by atoms with Crippen LogP contribution in [0.25, 0.3) is 16.5 Å². The fraction of sp³-hybridized carbons (Fsp3) is 0.286. The van der Waals surface area contributed by atoms with E-state index in [1.165, 1.54) is 0 Å². The predicted octanol–water partition coefficient (Wildman–Crippen LogP) is 5.52. The van der Waals surface area contributed by atoms with E-state index < -0.39 is 17.7 Å². The lowest BCUT2D eigenvalue weighted by Crippen LogP contribution is -2.30. The lowest BCUT2D eigenvalue weighted by Gasteiger charge is -2.26. The summed E-state index contributed by atoms with van der Waals surface area (Å²) < 4.78 is 0. The number of hydrogen-bond acceptors (Lipinski definition) is 4. The zero-order valence-corrected chi connectivity index (χ0v) is 19.4. The van der Waals surface area contributed by atoms with Gasteiger partial charge in [0.25, 0.3) is 11.7 Å². The molecule has 5 heteroatoms. The van der Waals surface area contributed by atoms with Crippen molar-refractivity contribution in [1.82, 2.24) is 4.90 Å². The number of anilines is 1. The topological polar surface area (TPSA) is 60.9 Å². The summed E-state index contributed by atoms with van der Waals surface area (Å²) in [5.74, 6) is -1.30. The molecule has 0 spiro atoms. The molecule has 3 aromatic carbocycles. The van der Waals surface area contributed by atoms with Crippen LogP contribution >= 0.6 is 0 Å². The number of benzene rings is 3. The van der Waals surface area contributed by atoms with E-state index in [0.717, 1.165) is 41.3 Å². The summed E-state index contributed by atoms with van der Waals surface area (Å²) in [5, 5.41) is 13.3. The Morgan fingerprint density at radius 3 is 2.30 bits per heavy atom. The maximum absolute atomic E-state index is 13.2. The van der Waals surface area contributed by atoms with E-state index in [2.05, 4.69) is 6.92 Å². The number of likely N-dealkylation sites (tertiary alicyclic amines) is 1. The molecular formula is C28H30N2O3. The number of Topliss-reactive ketones (excluding diaryl/α,β-unsaturated/α-hetero) is 1. The normalized spacial score (nSPS) is 17.7. The van der Waals surface area contributed by atoms with Crippen LogP contribution in [-0.2, 0) is 9.59 Å². The minimum absolute atomic E-state index is 0.126. The van der Waals surface area contributed by atoms with Gasteiger partial charge in [-0.05, 0) is 41.0 Å². The van der Waals surface area contributed by atoms with Gasteiger partial charge in [0.1, 0.15) is 5.76 Å². The first-order valence-electron chi connectivity index (χ1n) is 11.5. The van der Waals surface area contributed by atoms with Gasteiger partial charge in [0, 0.05) is 31.9 Å². The van der Waals surface area contributed by atoms with E-state index >= 15 is 0 Å². The molecule has 0 aromatic heterocycles. The zero-order chi connectivity index (χ0) is 23.5. The number of ketones is 1. The molecule has 0 aliphatic carbocycles. The average molecular weight is 443 g/mol. The van der Waals surface area contributed by atoms with Gasteiger partial charge in [-0.25, -0.2) is 0 Å². The van der Waals surface area contributed by atoms with Gasteiger partial charge >= 0.3 is 0 Å². The van der Waals surface area contributed by atoms with Gasteiger partial charge in [-0.1, -0.05) is 68.3 Å². The molecule has 1 atom stereocenters. The molecule has 4 rings (SSSR count). The Kier molecular flexibility index (Phi) is 6.50. The van der Waals surface area contributed by atoms with E-state index in [-0.39, 0.29) is 11.3 Å². The van der Waals surface area contributed by atoms with Crippen LogP contribution in [0.5, 0.6) is 0 Å². The summed E-state index contributed by atoms with van der Waals surface area (Å²) in [5.41, 5.74) is 2.54. The average Bonchev–Trinajstić information content (AvgIpc) is 3.08. The van der Waals surface area contributed by atoms with Crippen molar-refractivity contribution >= 4 is 33.9 Å². The SMILES string of the molecule is CCCCCN1C(=O)C(=O)/C(=C(\O)c2ccc3ccccc3c2)C1c1ccc(N(C)C)cc1. The third-order valence-corrected chi connectivity index (χ3v) is 6.29. The van der Waals surface area contributed by atoms with Gasteiger partial charge in [0.05, 0.1) is 11.6 Å². The van der Waals surface area contributed by atoms with E-state index in [0.29, 0.717) is 12.1 Å². The second-order valence-corrected chi connectivity index (χ2v) is 8.75. The largest absolute Gasteiger partial charge is 0.507 e. The molecule has 1 saturated heterocycles. The Labute approximate surface area is 194 Å². The highest BCUT2D eigenvalue weighted by atomic mass is 16.3. The molecule has 1 unspecified atom stereocenters. The van der Waals surface area contributed by atoms with Crippen LogP contribution in [0.3, 0.4) is 0 Å². The third kappa shape index (κ3) is 4.36. The summed E-state index contributed by atoms with van der Waals surface area (Å²) >= 11 is 0. The Morgan fingerprint density at radius 2 is 1.64 bits per heavy atom. The summed E-state index contributed by atoms with van der Waals surface area (Å²) in [4.78, 5) is 29.8. The monoisotopic (exact) mass is 442 g/mol. The summed E-state index contributed by atoms with van der Waals surface area (Å²) in [7, 11) is 3.93. The van der Waals surface area contributed by atoms with Crippen molar-refractivity contribution < 1.29 is 14.7 Å². The van der Waals surface area contributed by atoms with Crippen LogP contribution in [0.2, 0.25) is 0 Å². The molecule has 3 aromatic rings. The van der Waals surface area contributed by atoms with E-state index in [1.807, 2.05) is 79.7 Å². The quantitative estimate of drug-likeness (QED) is 0.227. The number of carbonyl (C=O) groups excluding carboxylic acids is 2. The lowest BCUT2D eigenvalue weighted by molar-refractivity contribution is -0.139. The van der Waals surface area contributed by atoms with Crippen molar-refractivity contribution in [1.29, 1.82) is 0 Å². The van der Waals surface area contributed by atoms with Crippen LogP contribution in [0.15, 0.2) is 72.3 Å². The molecule has 0 radical (unpaired) electrons. The number of nitrogens with zero attached hydrogens (tertiary/aromatic N) is 2. The fourth-order valence-corrected chi connectivity index (χ4v) is 4.44. The first-order chi connectivity index (χ1) is 15.9. The lowest BCUT2D eigenvalue weighted by atomic mass is 9.94. The highest BCUT2D eigenvalue weighted by Crippen LogP contribution is 2.40. The number of carbonyl (C=O) groups is 2. The van der Waals surface area contributed by atoms with Crippen LogP contribution in [0.4, 0.5) is 5.69 Å². The van der Waals surface area contributed by atoms with E-state index in [4.69, 9.17) is 0 Å². The summed E-state index contributed by atoms with van der Waals surface area (Å²) in [6.07, 6.45) is 2.80. The first kappa shape index (κ1) is 22.6. The molecule has 1 aliphatic heterocycles. The van der Waals surface area contributed by atoms with Crippen molar-refractivity contribution in [3.8, 4) is 0 Å². The van der Waals surface area contributed by atoms with E-state index in [9.17, 15) is 14.7 Å². The second-order valence-electron chi connectivity index (χ2n) is 8.75. The number of hydrogen-bond donors (Lipinski definition) is 1. The molecule has 170 valence electrons. The Hall–Kier alpha value is -3.60. The van der Waals surface area contributed by atoms with Crippen molar-refractivity contribution in [2.24, 2.45) is 0 Å². The zero-order valence-electron chi connectivity index (χ0n) is 19.4. The van der Waals surface area contributed by atoms with Crippen LogP contribution in [-0.4, -0.2) is 42.3 Å². The smallest absolute Gasteiger partial charge is 0.295 e. The molecule has 1 N–H and O–H groups in total. The molecule has 33 heavy (non-hydrogen) atoms. The molecule has 5 nitrogen and oxygen atoms in total. The highest BCUT2D eigenvalue weighted by Gasteiger charge is 2.45. The van der Waals surface area contributed by atoms with Gasteiger partial charge in [-0.3, -0.25) is 9.59 Å². The molecule has 0 bridgehead atoms. The molecule has 0 saturated carbocycles. The van der Waals surface area contributed by atoms with Crippen molar-refractivity contribution in [3.63, 3.8) is 0 Å². The van der Waals surface area contributed by atoms with Crippen molar-refractivity contribution in [3.05, 3.63) is 83.4 Å². The third-order valence-electron chi connectivity index (χ3n) is 6.29. The minimum Gasteiger partial charge on any atom is -0.507 e. The van der Waals surface area contributed by atoms with Gasteiger partial charge < -0.3 is 14.9 Å². The summed E-state index contributed by atoms with van der Waals surface area (Å²) in [6.45, 7) is 2.58. The number of unbranched alkanes of at least 4 members (excludes halogenated alkanes) is 2. The standard InChI is InChI=1S/C28H30N2O3/c1-4-5-8-17-30-25(20-13-15-23(16-14-20)29(2)3)24(27(32)28(30)33)26(31)22-12-11-19-9-6-7-10-21(19)18-22/h6-7,9-16,18,25,31H,4-5,8,17H2,1-3H3/b26-24-. The number of aliphatic hydroxyl groups is 1. The molecule has 1 heterocycles. The Morgan fingerprint density at radius 1 is 0.939 bits per heavy atom. The van der Waals surface area contributed by atoms with E-state index in [1.54, 1.807) is 11.0 Å². The second kappa shape index (κ2) is 9.49. The van der Waals surface area contributed by atoms with Gasteiger partial charge in [0.2, 0.25) is 0 Å². The fourth-order valence-electron chi connectivity index (χ4n) is 4.44. The first-order valence-corrected chi connectivity index (χ1v) is 11.5. The molecule has 1 fully saturated rings. The van der Waals surface area contributed by atoms with Crippen LogP contribution in [0.1, 0.15) is 43.4 Å². The summed E-state index contributed by atoms with van der Waals surface area (Å²) in [6, 6.07) is 20.6. The Balaban J connectivity index is 1.83. The number of fused-ring (bicyclic) bond motifs is 1. The maximum atomic E-state index is 13.2. The highest BCUT2D eigenvalue weighted by molar-refractivity contribution is 6.46. The predicted molar refractivity (Wildman–Crippen MR) is 133 cm³/mol. The number of amides is 1. The maximum Gasteiger partial charge on any atom is 0.295 e. The van der Waals surface area contributed by atoms with Gasteiger partial charge in [0.15, 0.2) is 0 Å². The minimum atomic E-state index is -0.626. The van der Waals surface area contributed by atoms with Crippen molar-refractivity contribution in [2.45, 2.75) is 32.2 Å². The number of aliphatic hydroxyl groups excluding tert-OH is 1. The van der Waals surface area contributed by atoms with Crippen LogP contribution < -0.4 is 4.90 Å². The molecular weight excluding hydrogens is 412 g/mol. The van der Waals surface area contributed by atoms with Crippen molar-refractivity contribution in [2.75, 3.05) is 25.5 Å². The van der Waals surface area contributed by atoms with Crippen LogP contribution in [0, 0.1) is 0 Å². The molecule has 1 aliphatic rings. The Bertz CT molecular complexity index is 1210. The number of rotatable bonds is 7. The van der Waals surface area contributed by atoms with Gasteiger partial charge in [-0.2, -0.15) is 0 Å². The molecule has 1 amide bonds. The van der Waals surface area contributed by atoms with Gasteiger partial charge in [-0.15, -0.1) is 0 Å².